The van der Waals surface area contributed by atoms with Crippen LogP contribution in [0.25, 0.3) is 0 Å². The van der Waals surface area contributed by atoms with Gasteiger partial charge in [0.1, 0.15) is 5.60 Å². The number of amides is 1. The van der Waals surface area contributed by atoms with Crippen LogP contribution in [0.3, 0.4) is 0 Å². The van der Waals surface area contributed by atoms with E-state index in [1.54, 1.807) is 20.8 Å². The number of allylic oxidation sites excluding steroid dienone is 5. The van der Waals surface area contributed by atoms with E-state index in [2.05, 4.69) is 52.5 Å². The number of hydrogen-bond acceptors (Lipinski definition) is 5. The first-order valence-corrected chi connectivity index (χ1v) is 14.4. The fourth-order valence-corrected chi connectivity index (χ4v) is 5.13. The van der Waals surface area contributed by atoms with Gasteiger partial charge in [0, 0.05) is 23.6 Å². The van der Waals surface area contributed by atoms with Crippen molar-refractivity contribution < 1.29 is 24.2 Å². The largest absolute Gasteiger partial charge is 0.481 e. The molecule has 1 amide bonds. The van der Waals surface area contributed by atoms with Crippen LogP contribution in [0.15, 0.2) is 47.1 Å². The quantitative estimate of drug-likeness (QED) is 0.143. The van der Waals surface area contributed by atoms with Crippen molar-refractivity contribution >= 4 is 29.6 Å². The maximum atomic E-state index is 13.1. The van der Waals surface area contributed by atoms with E-state index >= 15 is 0 Å². The molecule has 1 heterocycles. The minimum absolute atomic E-state index is 0.0508. The minimum atomic E-state index is -1.07. The molecule has 1 saturated heterocycles. The summed E-state index contributed by atoms with van der Waals surface area (Å²) in [6.07, 6.45) is 11.4. The van der Waals surface area contributed by atoms with Gasteiger partial charge < -0.3 is 9.84 Å². The van der Waals surface area contributed by atoms with Crippen LogP contribution in [0.2, 0.25) is 0 Å². The van der Waals surface area contributed by atoms with Crippen LogP contribution in [0.4, 0.5) is 4.79 Å². The maximum Gasteiger partial charge on any atom is 0.410 e. The van der Waals surface area contributed by atoms with Crippen LogP contribution < -0.4 is 0 Å². The molecule has 0 bridgehead atoms. The number of likely N-dealkylation sites (tertiary alicyclic amines) is 1. The molecular weight excluding hydrogens is 486 g/mol. The second-order valence-electron chi connectivity index (χ2n) is 11.1. The summed E-state index contributed by atoms with van der Waals surface area (Å²) in [5, 5.41) is 9.77. The number of carboxylic acids is 1. The van der Waals surface area contributed by atoms with Crippen molar-refractivity contribution in [2.45, 2.75) is 98.6 Å². The van der Waals surface area contributed by atoms with E-state index in [4.69, 9.17) is 4.74 Å². The van der Waals surface area contributed by atoms with Gasteiger partial charge in [-0.05, 0) is 87.0 Å². The molecule has 0 aliphatic carbocycles. The van der Waals surface area contributed by atoms with Crippen LogP contribution in [0, 0.1) is 5.92 Å². The number of nitrogens with zero attached hydrogens (tertiary/aromatic N) is 1. The smallest absolute Gasteiger partial charge is 0.410 e. The molecular formula is C30H47NO5S. The number of carboxylic acid groups (broad SMARTS) is 1. The molecule has 0 aromatic rings. The van der Waals surface area contributed by atoms with Crippen molar-refractivity contribution in [3.8, 4) is 0 Å². The summed E-state index contributed by atoms with van der Waals surface area (Å²) in [6.45, 7) is 18.1. The third-order valence-electron chi connectivity index (χ3n) is 6.18. The van der Waals surface area contributed by atoms with E-state index in [0.29, 0.717) is 25.1 Å². The van der Waals surface area contributed by atoms with Crippen LogP contribution >= 0.6 is 11.8 Å². The van der Waals surface area contributed by atoms with Crippen molar-refractivity contribution in [2.75, 3.05) is 18.1 Å². The van der Waals surface area contributed by atoms with Crippen LogP contribution in [0.1, 0.15) is 87.0 Å². The predicted molar refractivity (Wildman–Crippen MR) is 154 cm³/mol. The van der Waals surface area contributed by atoms with Gasteiger partial charge in [-0.3, -0.25) is 14.5 Å². The van der Waals surface area contributed by atoms with Gasteiger partial charge in [-0.1, -0.05) is 41.5 Å². The molecule has 0 radical (unpaired) electrons. The minimum Gasteiger partial charge on any atom is -0.481 e. The van der Waals surface area contributed by atoms with E-state index in [1.165, 1.54) is 33.4 Å². The molecule has 208 valence electrons. The van der Waals surface area contributed by atoms with Gasteiger partial charge in [-0.15, -0.1) is 0 Å². The zero-order chi connectivity index (χ0) is 28.2. The number of ether oxygens (including phenoxy) is 1. The van der Waals surface area contributed by atoms with E-state index in [0.717, 1.165) is 25.7 Å². The van der Waals surface area contributed by atoms with Gasteiger partial charge in [0.05, 0.1) is 12.0 Å². The van der Waals surface area contributed by atoms with Crippen molar-refractivity contribution in [3.63, 3.8) is 0 Å². The van der Waals surface area contributed by atoms with E-state index in [9.17, 15) is 19.5 Å². The highest BCUT2D eigenvalue weighted by Crippen LogP contribution is 2.27. The zero-order valence-electron chi connectivity index (χ0n) is 23.9. The standard InChI is InChI=1S/C30H47NO5S/c1-21(2)12-9-13-22(3)14-10-15-23(4)17-19-37-20-25(28(33)34)24(5)27(32)26-16-11-18-31(26)29(35)36-30(6,7)8/h12,14,17,25-26H,5,9-11,13,15-16,18-20H2,1-4,6-8H3,(H,33,34)/b22-14+,23-17+/t25-,26+/m1/s1. The SMILES string of the molecule is C=C(C(=O)[C@@H]1CCCN1C(=O)OC(C)(C)C)[C@@H](CSC/C=C(\C)CC/C=C(\C)CCC=C(C)C)C(=O)O. The van der Waals surface area contributed by atoms with E-state index < -0.39 is 29.6 Å². The van der Waals surface area contributed by atoms with Crippen LogP contribution in [-0.4, -0.2) is 57.5 Å². The van der Waals surface area contributed by atoms with Gasteiger partial charge in [-0.2, -0.15) is 11.8 Å². The molecule has 0 spiro atoms. The number of rotatable bonds is 14. The molecule has 1 N–H and O–H groups in total. The third kappa shape index (κ3) is 12.7. The van der Waals surface area contributed by atoms with Crippen molar-refractivity contribution in [3.05, 3.63) is 47.1 Å². The predicted octanol–water partition coefficient (Wildman–Crippen LogP) is 7.36. The Balaban J connectivity index is 2.59. The lowest BCUT2D eigenvalue weighted by atomic mass is 9.93. The number of Topliss-reactive ketones (excluding diaryl/α,β-unsaturated/α-hetero) is 1. The fraction of sp³-hybridized carbons (Fsp3) is 0.633. The Labute approximate surface area is 228 Å². The molecule has 1 aliphatic heterocycles. The number of ketones is 1. The lowest BCUT2D eigenvalue weighted by Gasteiger charge is -2.28. The molecule has 37 heavy (non-hydrogen) atoms. The molecule has 0 unspecified atom stereocenters. The molecule has 0 aromatic heterocycles. The zero-order valence-corrected chi connectivity index (χ0v) is 24.7. The average Bonchev–Trinajstić information content (AvgIpc) is 3.26. The van der Waals surface area contributed by atoms with Crippen molar-refractivity contribution in [2.24, 2.45) is 5.92 Å². The monoisotopic (exact) mass is 533 g/mol. The fourth-order valence-electron chi connectivity index (χ4n) is 4.01. The molecule has 2 atom stereocenters. The Kier molecular flexibility index (Phi) is 14.0. The summed E-state index contributed by atoms with van der Waals surface area (Å²) in [6, 6.07) is -0.713. The molecule has 1 aliphatic rings. The topological polar surface area (TPSA) is 83.9 Å². The maximum absolute atomic E-state index is 13.1. The highest BCUT2D eigenvalue weighted by Gasteiger charge is 2.39. The van der Waals surface area contributed by atoms with Gasteiger partial charge in [-0.25, -0.2) is 4.79 Å². The number of carbonyl (C=O) groups excluding carboxylic acids is 2. The molecule has 0 saturated carbocycles. The second kappa shape index (κ2) is 15.9. The van der Waals surface area contributed by atoms with Gasteiger partial charge in [0.25, 0.3) is 0 Å². The molecule has 6 nitrogen and oxygen atoms in total. The first-order chi connectivity index (χ1) is 17.2. The van der Waals surface area contributed by atoms with Gasteiger partial charge in [0.15, 0.2) is 5.78 Å². The summed E-state index contributed by atoms with van der Waals surface area (Å²) in [5.74, 6) is -1.50. The summed E-state index contributed by atoms with van der Waals surface area (Å²) >= 11 is 1.48. The van der Waals surface area contributed by atoms with Gasteiger partial charge in [0.2, 0.25) is 0 Å². The molecule has 1 fully saturated rings. The highest BCUT2D eigenvalue weighted by molar-refractivity contribution is 7.99. The van der Waals surface area contributed by atoms with Crippen molar-refractivity contribution in [1.29, 1.82) is 0 Å². The first kappa shape index (κ1) is 32.7. The van der Waals surface area contributed by atoms with Crippen LogP contribution in [0.5, 0.6) is 0 Å². The Morgan fingerprint density at radius 3 is 2.22 bits per heavy atom. The Bertz CT molecular complexity index is 905. The van der Waals surface area contributed by atoms with E-state index in [1.807, 2.05) is 0 Å². The number of aliphatic carboxylic acids is 1. The number of carbonyl (C=O) groups is 3. The summed E-state index contributed by atoms with van der Waals surface area (Å²) in [7, 11) is 0. The third-order valence-corrected chi connectivity index (χ3v) is 7.15. The lowest BCUT2D eigenvalue weighted by molar-refractivity contribution is -0.140. The average molecular weight is 534 g/mol. The summed E-state index contributed by atoms with van der Waals surface area (Å²) in [5.41, 5.74) is 3.40. The van der Waals surface area contributed by atoms with E-state index in [-0.39, 0.29) is 17.1 Å². The first-order valence-electron chi connectivity index (χ1n) is 13.2. The summed E-state index contributed by atoms with van der Waals surface area (Å²) < 4.78 is 5.43. The lowest BCUT2D eigenvalue weighted by Crippen LogP contribution is -2.44. The second-order valence-corrected chi connectivity index (χ2v) is 12.2. The Morgan fingerprint density at radius 2 is 1.65 bits per heavy atom. The molecule has 1 rings (SSSR count). The van der Waals surface area contributed by atoms with Gasteiger partial charge >= 0.3 is 12.1 Å². The normalized spacial score (nSPS) is 17.4. The Hall–Kier alpha value is -2.28. The molecule has 7 heteroatoms. The number of thioether (sulfide) groups is 1. The van der Waals surface area contributed by atoms with Crippen molar-refractivity contribution in [1.82, 2.24) is 4.90 Å². The molecule has 0 aromatic carbocycles. The van der Waals surface area contributed by atoms with Crippen LogP contribution in [-0.2, 0) is 14.3 Å². The Morgan fingerprint density at radius 1 is 1.05 bits per heavy atom. The number of hydrogen-bond donors (Lipinski definition) is 1. The highest BCUT2D eigenvalue weighted by atomic mass is 32.2. The summed E-state index contributed by atoms with van der Waals surface area (Å²) in [4.78, 5) is 39.1.